The van der Waals surface area contributed by atoms with E-state index in [0.717, 1.165) is 51.7 Å². The fraction of sp³-hybridized carbons (Fsp3) is 0.348. The van der Waals surface area contributed by atoms with E-state index in [4.69, 9.17) is 0 Å². The molecule has 2 N–H and O–H groups in total. The number of nitrogens with one attached hydrogen (secondary N) is 1. The van der Waals surface area contributed by atoms with E-state index in [-0.39, 0.29) is 11.6 Å². The molecule has 0 bridgehead atoms. The van der Waals surface area contributed by atoms with Crippen molar-refractivity contribution < 1.29 is 9.90 Å². The SMILES string of the molecule is Cc1cc(N(C)c2nc(C(=O)O)c(C3CCN(C)CC3)s2)nnc1Nc1nc2ccccc2s1. The van der Waals surface area contributed by atoms with E-state index in [1.54, 1.807) is 16.2 Å². The number of fused-ring (bicyclic) bond motifs is 1. The number of anilines is 4. The summed E-state index contributed by atoms with van der Waals surface area (Å²) in [6.45, 7) is 3.87. The largest absolute Gasteiger partial charge is 0.476 e. The summed E-state index contributed by atoms with van der Waals surface area (Å²) in [6.07, 6.45) is 1.88. The Labute approximate surface area is 205 Å². The Morgan fingerprint density at radius 1 is 1.18 bits per heavy atom. The van der Waals surface area contributed by atoms with Crippen LogP contribution in [0.25, 0.3) is 10.2 Å². The van der Waals surface area contributed by atoms with E-state index in [0.29, 0.717) is 16.8 Å². The van der Waals surface area contributed by atoms with Gasteiger partial charge >= 0.3 is 5.97 Å². The molecule has 1 aromatic carbocycles. The third-order valence-corrected chi connectivity index (χ3v) is 8.30. The maximum Gasteiger partial charge on any atom is 0.355 e. The van der Waals surface area contributed by atoms with Gasteiger partial charge in [-0.25, -0.2) is 14.8 Å². The van der Waals surface area contributed by atoms with Crippen molar-refractivity contribution in [2.75, 3.05) is 37.4 Å². The fourth-order valence-corrected chi connectivity index (χ4v) is 6.11. The second-order valence-corrected chi connectivity index (χ2v) is 10.5. The number of carbonyl (C=O) groups is 1. The van der Waals surface area contributed by atoms with Gasteiger partial charge in [-0.05, 0) is 69.6 Å². The summed E-state index contributed by atoms with van der Waals surface area (Å²) in [7, 11) is 3.93. The predicted molar refractivity (Wildman–Crippen MR) is 136 cm³/mol. The Bertz CT molecular complexity index is 1310. The van der Waals surface area contributed by atoms with Gasteiger partial charge < -0.3 is 20.2 Å². The standard InChI is InChI=1S/C23H25N7O2S2/c1-13-12-17(27-28-20(13)26-22-24-15-6-4-5-7-16(15)33-22)30(3)23-25-18(21(31)32)19(34-23)14-8-10-29(2)11-9-14/h4-7,12,14H,8-11H2,1-3H3,(H,31,32)(H,24,26,28). The molecule has 11 heteroatoms. The van der Waals surface area contributed by atoms with Crippen LogP contribution in [0.1, 0.15) is 39.7 Å². The number of benzene rings is 1. The molecule has 0 saturated carbocycles. The summed E-state index contributed by atoms with van der Waals surface area (Å²) < 4.78 is 1.10. The number of nitrogens with zero attached hydrogens (tertiary/aromatic N) is 6. The Morgan fingerprint density at radius 2 is 1.94 bits per heavy atom. The molecule has 4 aromatic rings. The Hall–Kier alpha value is -3.15. The van der Waals surface area contributed by atoms with E-state index in [1.807, 2.05) is 44.3 Å². The lowest BCUT2D eigenvalue weighted by Gasteiger charge is -2.28. The van der Waals surface area contributed by atoms with Crippen LogP contribution in [0, 0.1) is 6.92 Å². The number of carboxylic acid groups (broad SMARTS) is 1. The Morgan fingerprint density at radius 3 is 2.65 bits per heavy atom. The van der Waals surface area contributed by atoms with Gasteiger partial charge in [-0.1, -0.05) is 23.5 Å². The average molecular weight is 496 g/mol. The molecule has 0 amide bonds. The van der Waals surface area contributed by atoms with E-state index < -0.39 is 5.97 Å². The number of hydrogen-bond acceptors (Lipinski definition) is 10. The first-order valence-corrected chi connectivity index (χ1v) is 12.7. The molecule has 1 aliphatic heterocycles. The van der Waals surface area contributed by atoms with Crippen LogP contribution in [0.4, 0.5) is 21.9 Å². The lowest BCUT2D eigenvalue weighted by molar-refractivity contribution is 0.0689. The first-order chi connectivity index (χ1) is 16.4. The molecule has 1 fully saturated rings. The van der Waals surface area contributed by atoms with Crippen LogP contribution in [0.5, 0.6) is 0 Å². The molecule has 5 rings (SSSR count). The van der Waals surface area contributed by atoms with Crippen LogP contribution in [-0.4, -0.2) is 63.3 Å². The molecule has 0 radical (unpaired) electrons. The summed E-state index contributed by atoms with van der Waals surface area (Å²) >= 11 is 3.00. The third-order valence-electron chi connectivity index (χ3n) is 6.06. The summed E-state index contributed by atoms with van der Waals surface area (Å²) in [5.74, 6) is 0.471. The summed E-state index contributed by atoms with van der Waals surface area (Å²) in [4.78, 5) is 25.9. The Balaban J connectivity index is 1.38. The lowest BCUT2D eigenvalue weighted by Crippen LogP contribution is -2.29. The van der Waals surface area contributed by atoms with Gasteiger partial charge in [0.15, 0.2) is 27.6 Å². The van der Waals surface area contributed by atoms with Crippen molar-refractivity contribution in [3.8, 4) is 0 Å². The minimum absolute atomic E-state index is 0.153. The van der Waals surface area contributed by atoms with Crippen molar-refractivity contribution in [1.29, 1.82) is 0 Å². The molecule has 4 heterocycles. The van der Waals surface area contributed by atoms with E-state index in [1.165, 1.54) is 11.3 Å². The number of aryl methyl sites for hydroxylation is 1. The highest BCUT2D eigenvalue weighted by molar-refractivity contribution is 7.22. The molecule has 1 saturated heterocycles. The fourth-order valence-electron chi connectivity index (χ4n) is 4.05. The van der Waals surface area contributed by atoms with Gasteiger partial charge in [0, 0.05) is 11.9 Å². The van der Waals surface area contributed by atoms with Gasteiger partial charge in [-0.2, -0.15) is 0 Å². The van der Waals surface area contributed by atoms with Crippen molar-refractivity contribution in [2.45, 2.75) is 25.7 Å². The van der Waals surface area contributed by atoms with Crippen LogP contribution in [0.3, 0.4) is 0 Å². The van der Waals surface area contributed by atoms with Gasteiger partial charge in [0.1, 0.15) is 0 Å². The van der Waals surface area contributed by atoms with Gasteiger partial charge in [-0.15, -0.1) is 21.5 Å². The number of hydrogen-bond donors (Lipinski definition) is 2. The molecule has 9 nitrogen and oxygen atoms in total. The summed E-state index contributed by atoms with van der Waals surface area (Å²) in [5, 5.41) is 23.1. The highest BCUT2D eigenvalue weighted by Crippen LogP contribution is 2.39. The van der Waals surface area contributed by atoms with E-state index >= 15 is 0 Å². The number of likely N-dealkylation sites (tertiary alicyclic amines) is 1. The van der Waals surface area contributed by atoms with E-state index in [2.05, 4.69) is 37.4 Å². The number of piperidine rings is 1. The molecule has 0 unspecified atom stereocenters. The van der Waals surface area contributed by atoms with Gasteiger partial charge in [0.25, 0.3) is 0 Å². The van der Waals surface area contributed by atoms with Crippen LogP contribution in [0.2, 0.25) is 0 Å². The van der Waals surface area contributed by atoms with Gasteiger partial charge in [0.2, 0.25) is 0 Å². The second kappa shape index (κ2) is 9.24. The highest BCUT2D eigenvalue weighted by Gasteiger charge is 2.28. The van der Waals surface area contributed by atoms with Crippen molar-refractivity contribution in [3.05, 3.63) is 46.5 Å². The predicted octanol–water partition coefficient (Wildman–Crippen LogP) is 4.87. The first kappa shape index (κ1) is 22.6. The molecule has 3 aromatic heterocycles. The quantitative estimate of drug-likeness (QED) is 0.387. The van der Waals surface area contributed by atoms with Gasteiger partial charge in [0.05, 0.1) is 10.2 Å². The van der Waals surface area contributed by atoms with Crippen molar-refractivity contribution in [1.82, 2.24) is 25.1 Å². The topological polar surface area (TPSA) is 107 Å². The Kier molecular flexibility index (Phi) is 6.15. The summed E-state index contributed by atoms with van der Waals surface area (Å²) in [6, 6.07) is 9.89. The smallest absolute Gasteiger partial charge is 0.355 e. The number of aromatic nitrogens is 4. The number of carboxylic acids is 1. The average Bonchev–Trinajstić information content (AvgIpc) is 3.45. The first-order valence-electron chi connectivity index (χ1n) is 11.0. The molecule has 1 aliphatic rings. The zero-order valence-corrected chi connectivity index (χ0v) is 20.8. The van der Waals surface area contributed by atoms with Crippen LogP contribution < -0.4 is 10.2 Å². The zero-order chi connectivity index (χ0) is 23.8. The van der Waals surface area contributed by atoms with Crippen LogP contribution in [-0.2, 0) is 0 Å². The minimum atomic E-state index is -0.984. The van der Waals surface area contributed by atoms with Gasteiger partial charge in [-0.3, -0.25) is 0 Å². The number of aromatic carboxylic acids is 1. The highest BCUT2D eigenvalue weighted by atomic mass is 32.1. The maximum absolute atomic E-state index is 11.9. The number of para-hydroxylation sites is 1. The molecule has 34 heavy (non-hydrogen) atoms. The molecular weight excluding hydrogens is 470 g/mol. The zero-order valence-electron chi connectivity index (χ0n) is 19.1. The van der Waals surface area contributed by atoms with Crippen molar-refractivity contribution >= 4 is 60.8 Å². The monoisotopic (exact) mass is 495 g/mol. The maximum atomic E-state index is 11.9. The molecule has 176 valence electrons. The number of thiazole rings is 2. The lowest BCUT2D eigenvalue weighted by atomic mass is 9.94. The van der Waals surface area contributed by atoms with E-state index in [9.17, 15) is 9.90 Å². The van der Waals surface area contributed by atoms with Crippen molar-refractivity contribution in [3.63, 3.8) is 0 Å². The van der Waals surface area contributed by atoms with Crippen LogP contribution in [0.15, 0.2) is 30.3 Å². The third kappa shape index (κ3) is 4.46. The normalized spacial score (nSPS) is 15.0. The van der Waals surface area contributed by atoms with Crippen molar-refractivity contribution in [2.24, 2.45) is 0 Å². The van der Waals surface area contributed by atoms with Crippen LogP contribution >= 0.6 is 22.7 Å². The molecule has 0 spiro atoms. The minimum Gasteiger partial charge on any atom is -0.476 e. The molecule has 0 aliphatic carbocycles. The molecular formula is C23H25N7O2S2. The number of rotatable bonds is 6. The second-order valence-electron chi connectivity index (χ2n) is 8.50. The molecule has 0 atom stereocenters. The summed E-state index contributed by atoms with van der Waals surface area (Å²) in [5.41, 5.74) is 2.00.